The summed E-state index contributed by atoms with van der Waals surface area (Å²) in [7, 11) is 1.51. The Morgan fingerprint density at radius 1 is 1.36 bits per heavy atom. The van der Waals surface area contributed by atoms with Crippen LogP contribution in [0.1, 0.15) is 18.9 Å². The van der Waals surface area contributed by atoms with Crippen LogP contribution >= 0.6 is 24.0 Å². The van der Waals surface area contributed by atoms with Crippen molar-refractivity contribution in [3.63, 3.8) is 0 Å². The number of guanidine groups is 1. The summed E-state index contributed by atoms with van der Waals surface area (Å²) in [6.45, 7) is 2.52. The Balaban J connectivity index is 0.00000441. The summed E-state index contributed by atoms with van der Waals surface area (Å²) < 4.78 is 41.3. The third-order valence-electron chi connectivity index (χ3n) is 2.47. The first-order valence-corrected chi connectivity index (χ1v) is 6.52. The number of alkyl halides is 3. The average molecular weight is 432 g/mol. The van der Waals surface area contributed by atoms with Crippen molar-refractivity contribution in [2.24, 2.45) is 4.99 Å². The molecule has 0 aliphatic heterocycles. The zero-order valence-electron chi connectivity index (χ0n) is 12.4. The van der Waals surface area contributed by atoms with Gasteiger partial charge in [-0.2, -0.15) is 13.2 Å². The first kappa shape index (κ1) is 20.7. The van der Waals surface area contributed by atoms with Crippen LogP contribution in [-0.4, -0.2) is 37.3 Å². The van der Waals surface area contributed by atoms with Gasteiger partial charge in [0.15, 0.2) is 5.96 Å². The topological polar surface area (TPSA) is 58.5 Å². The van der Waals surface area contributed by atoms with Crippen molar-refractivity contribution in [1.29, 1.82) is 0 Å². The summed E-state index contributed by atoms with van der Waals surface area (Å²) in [5.41, 5.74) is 0.856. The Morgan fingerprint density at radius 3 is 2.68 bits per heavy atom. The number of nitrogens with zero attached hydrogens (tertiary/aromatic N) is 2. The van der Waals surface area contributed by atoms with Crippen LogP contribution in [0.4, 0.5) is 13.2 Å². The van der Waals surface area contributed by atoms with Crippen molar-refractivity contribution in [1.82, 2.24) is 15.6 Å². The third kappa shape index (κ3) is 8.90. The molecule has 22 heavy (non-hydrogen) atoms. The fraction of sp³-hybridized carbons (Fsp3) is 0.538. The lowest BCUT2D eigenvalue weighted by Gasteiger charge is -2.12. The Bertz CT molecular complexity index is 469. The number of pyridine rings is 1. The van der Waals surface area contributed by atoms with E-state index in [1.54, 1.807) is 18.3 Å². The van der Waals surface area contributed by atoms with Crippen LogP contribution in [0.25, 0.3) is 0 Å². The minimum atomic E-state index is -4.18. The minimum absolute atomic E-state index is 0. The predicted octanol–water partition coefficient (Wildman–Crippen LogP) is 2.72. The lowest BCUT2D eigenvalue weighted by molar-refractivity contribution is -0.132. The van der Waals surface area contributed by atoms with E-state index in [4.69, 9.17) is 4.74 Å². The van der Waals surface area contributed by atoms with Gasteiger partial charge in [-0.15, -0.1) is 24.0 Å². The maximum Gasteiger partial charge on any atom is 0.390 e. The predicted molar refractivity (Wildman–Crippen MR) is 89.7 cm³/mol. The smallest absolute Gasteiger partial charge is 0.390 e. The second kappa shape index (κ2) is 10.5. The molecule has 0 bridgehead atoms. The first-order chi connectivity index (χ1) is 9.94. The van der Waals surface area contributed by atoms with Crippen molar-refractivity contribution in [2.45, 2.75) is 26.1 Å². The Morgan fingerprint density at radius 2 is 2.09 bits per heavy atom. The van der Waals surface area contributed by atoms with Crippen LogP contribution in [0.15, 0.2) is 23.3 Å². The fourth-order valence-corrected chi connectivity index (χ4v) is 1.50. The SMILES string of the molecule is CCNC(=NCc1ccnc(OC)c1)NCCC(F)(F)F.I. The fourth-order valence-electron chi connectivity index (χ4n) is 1.50. The van der Waals surface area contributed by atoms with Crippen molar-refractivity contribution < 1.29 is 17.9 Å². The van der Waals surface area contributed by atoms with Crippen molar-refractivity contribution >= 4 is 29.9 Å². The first-order valence-electron chi connectivity index (χ1n) is 6.52. The second-order valence-electron chi connectivity index (χ2n) is 4.19. The number of nitrogens with one attached hydrogen (secondary N) is 2. The molecule has 1 rings (SSSR count). The molecule has 1 aromatic heterocycles. The number of ether oxygens (including phenoxy) is 1. The van der Waals surface area contributed by atoms with E-state index in [9.17, 15) is 13.2 Å². The molecule has 0 aliphatic carbocycles. The molecule has 126 valence electrons. The van der Waals surface area contributed by atoms with E-state index >= 15 is 0 Å². The lowest BCUT2D eigenvalue weighted by Crippen LogP contribution is -2.38. The van der Waals surface area contributed by atoms with Gasteiger partial charge in [0, 0.05) is 25.4 Å². The van der Waals surface area contributed by atoms with Gasteiger partial charge >= 0.3 is 6.18 Å². The molecule has 0 spiro atoms. The normalized spacial score (nSPS) is 11.6. The van der Waals surface area contributed by atoms with Crippen molar-refractivity contribution in [2.75, 3.05) is 20.2 Å². The van der Waals surface area contributed by atoms with Gasteiger partial charge < -0.3 is 15.4 Å². The molecule has 0 aliphatic rings. The largest absolute Gasteiger partial charge is 0.481 e. The van der Waals surface area contributed by atoms with Gasteiger partial charge in [0.2, 0.25) is 5.88 Å². The minimum Gasteiger partial charge on any atom is -0.481 e. The molecule has 0 fully saturated rings. The number of hydrogen-bond donors (Lipinski definition) is 2. The van der Waals surface area contributed by atoms with E-state index in [-0.39, 0.29) is 30.5 Å². The van der Waals surface area contributed by atoms with Gasteiger partial charge in [-0.05, 0) is 18.6 Å². The summed E-state index contributed by atoms with van der Waals surface area (Å²) in [4.78, 5) is 8.19. The van der Waals surface area contributed by atoms with Gasteiger partial charge in [0.05, 0.1) is 20.1 Å². The van der Waals surface area contributed by atoms with Crippen LogP contribution in [0, 0.1) is 0 Å². The standard InChI is InChI=1S/C13H19F3N4O.HI/c1-3-17-12(19-7-5-13(14,15)16)20-9-10-4-6-18-11(8-10)21-2;/h4,6,8H,3,5,7,9H2,1-2H3,(H2,17,19,20);1H. The quantitative estimate of drug-likeness (QED) is 0.413. The molecule has 1 heterocycles. The molecule has 9 heteroatoms. The summed E-state index contributed by atoms with van der Waals surface area (Å²) in [6.07, 6.45) is -3.49. The summed E-state index contributed by atoms with van der Waals surface area (Å²) in [6, 6.07) is 3.49. The maximum atomic E-state index is 12.1. The van der Waals surface area contributed by atoms with Gasteiger partial charge in [-0.3, -0.25) is 0 Å². The van der Waals surface area contributed by atoms with Gasteiger partial charge in [0.1, 0.15) is 0 Å². The zero-order valence-corrected chi connectivity index (χ0v) is 14.7. The van der Waals surface area contributed by atoms with Gasteiger partial charge in [-0.1, -0.05) is 0 Å². The highest BCUT2D eigenvalue weighted by atomic mass is 127. The Labute approximate surface area is 144 Å². The van der Waals surface area contributed by atoms with Crippen LogP contribution in [0.3, 0.4) is 0 Å². The van der Waals surface area contributed by atoms with Crippen LogP contribution in [0.2, 0.25) is 0 Å². The van der Waals surface area contributed by atoms with E-state index in [2.05, 4.69) is 20.6 Å². The Hall–Kier alpha value is -1.26. The van der Waals surface area contributed by atoms with E-state index in [1.165, 1.54) is 7.11 Å². The molecular weight excluding hydrogens is 412 g/mol. The highest BCUT2D eigenvalue weighted by Crippen LogP contribution is 2.18. The molecule has 0 saturated carbocycles. The van der Waals surface area contributed by atoms with E-state index < -0.39 is 12.6 Å². The average Bonchev–Trinajstić information content (AvgIpc) is 2.43. The molecular formula is C13H20F3IN4O. The molecule has 5 nitrogen and oxygen atoms in total. The lowest BCUT2D eigenvalue weighted by atomic mass is 10.3. The number of methoxy groups -OCH3 is 1. The molecule has 1 aromatic rings. The molecule has 0 radical (unpaired) electrons. The van der Waals surface area contributed by atoms with E-state index in [0.717, 1.165) is 5.56 Å². The molecule has 0 amide bonds. The third-order valence-corrected chi connectivity index (χ3v) is 2.47. The van der Waals surface area contributed by atoms with Crippen molar-refractivity contribution in [3.05, 3.63) is 23.9 Å². The second-order valence-corrected chi connectivity index (χ2v) is 4.19. The van der Waals surface area contributed by atoms with Crippen LogP contribution < -0.4 is 15.4 Å². The van der Waals surface area contributed by atoms with Crippen LogP contribution in [-0.2, 0) is 6.54 Å². The van der Waals surface area contributed by atoms with E-state index in [0.29, 0.717) is 24.9 Å². The number of aromatic nitrogens is 1. The maximum absolute atomic E-state index is 12.1. The van der Waals surface area contributed by atoms with Gasteiger partial charge in [-0.25, -0.2) is 9.98 Å². The highest BCUT2D eigenvalue weighted by Gasteiger charge is 2.26. The summed E-state index contributed by atoms with van der Waals surface area (Å²) >= 11 is 0. The molecule has 0 atom stereocenters. The number of halogens is 4. The van der Waals surface area contributed by atoms with Gasteiger partial charge in [0.25, 0.3) is 0 Å². The molecule has 0 aromatic carbocycles. The Kier molecular flexibility index (Phi) is 9.86. The zero-order chi connectivity index (χ0) is 15.7. The molecule has 0 unspecified atom stereocenters. The number of rotatable bonds is 6. The van der Waals surface area contributed by atoms with Crippen LogP contribution in [0.5, 0.6) is 5.88 Å². The number of hydrogen-bond acceptors (Lipinski definition) is 3. The summed E-state index contributed by atoms with van der Waals surface area (Å²) in [5, 5.41) is 5.54. The molecule has 0 saturated heterocycles. The monoisotopic (exact) mass is 432 g/mol. The highest BCUT2D eigenvalue weighted by molar-refractivity contribution is 14.0. The number of aliphatic imine (C=N–C) groups is 1. The molecule has 2 N–H and O–H groups in total. The van der Waals surface area contributed by atoms with Crippen molar-refractivity contribution in [3.8, 4) is 5.88 Å². The van der Waals surface area contributed by atoms with E-state index in [1.807, 2.05) is 6.92 Å². The summed E-state index contributed by atoms with van der Waals surface area (Å²) in [5.74, 6) is 0.815.